The molecule has 4 aliphatic rings. The minimum absolute atomic E-state index is 0.0384. The van der Waals surface area contributed by atoms with Crippen molar-refractivity contribution in [2.75, 3.05) is 0 Å². The lowest BCUT2D eigenvalue weighted by Gasteiger charge is -2.53. The molecular formula is C20H30O. The van der Waals surface area contributed by atoms with Gasteiger partial charge in [-0.25, -0.2) is 0 Å². The van der Waals surface area contributed by atoms with Gasteiger partial charge in [0.05, 0.1) is 0 Å². The second-order valence-electron chi connectivity index (χ2n) is 8.73. The number of hydrogen-bond donors (Lipinski definition) is 0. The van der Waals surface area contributed by atoms with E-state index in [0.717, 1.165) is 18.3 Å². The lowest BCUT2D eigenvalue weighted by molar-refractivity contribution is -0.131. The molecule has 0 spiro atoms. The van der Waals surface area contributed by atoms with Crippen LogP contribution in [0.15, 0.2) is 11.6 Å². The van der Waals surface area contributed by atoms with Crippen molar-refractivity contribution in [1.82, 2.24) is 0 Å². The molecule has 3 saturated carbocycles. The van der Waals surface area contributed by atoms with Crippen LogP contribution >= 0.6 is 0 Å². The van der Waals surface area contributed by atoms with E-state index >= 15 is 0 Å². The Kier molecular flexibility index (Phi) is 3.14. The fraction of sp³-hybridized carbons (Fsp3) is 0.850. The summed E-state index contributed by atoms with van der Waals surface area (Å²) >= 11 is 0. The molecule has 0 heterocycles. The van der Waals surface area contributed by atoms with Gasteiger partial charge in [0.25, 0.3) is 0 Å². The van der Waals surface area contributed by atoms with E-state index in [9.17, 15) is 4.79 Å². The molecule has 0 saturated heterocycles. The topological polar surface area (TPSA) is 17.1 Å². The van der Waals surface area contributed by atoms with E-state index in [1.807, 2.05) is 0 Å². The van der Waals surface area contributed by atoms with Crippen molar-refractivity contribution in [3.63, 3.8) is 0 Å². The molecule has 3 fully saturated rings. The molecule has 0 amide bonds. The summed E-state index contributed by atoms with van der Waals surface area (Å²) in [6.45, 7) is 4.87. The van der Waals surface area contributed by atoms with Gasteiger partial charge in [0.15, 0.2) is 0 Å². The highest BCUT2D eigenvalue weighted by atomic mass is 16.1. The summed E-state index contributed by atoms with van der Waals surface area (Å²) < 4.78 is 0. The Hall–Kier alpha value is -0.590. The predicted octanol–water partition coefficient (Wildman–Crippen LogP) is 5.30. The normalized spacial score (nSPS) is 49.7. The Labute approximate surface area is 129 Å². The summed E-state index contributed by atoms with van der Waals surface area (Å²) in [4.78, 5) is 12.4. The Balaban J connectivity index is 1.71. The zero-order valence-corrected chi connectivity index (χ0v) is 13.8. The highest BCUT2D eigenvalue weighted by Gasteiger charge is 2.57. The van der Waals surface area contributed by atoms with E-state index in [1.165, 1.54) is 57.8 Å². The second kappa shape index (κ2) is 4.70. The molecule has 5 atom stereocenters. The first-order valence-electron chi connectivity index (χ1n) is 9.28. The largest absolute Gasteiger partial charge is 0.299 e. The van der Waals surface area contributed by atoms with Gasteiger partial charge < -0.3 is 0 Å². The maximum Gasteiger partial charge on any atom is 0.139 e. The Bertz CT molecular complexity index is 490. The number of hydrogen-bond acceptors (Lipinski definition) is 1. The second-order valence-corrected chi connectivity index (χ2v) is 8.73. The van der Waals surface area contributed by atoms with Crippen molar-refractivity contribution in [2.24, 2.45) is 28.6 Å². The predicted molar refractivity (Wildman–Crippen MR) is 85.9 cm³/mol. The molecule has 0 aromatic rings. The Morgan fingerprint density at radius 3 is 2.62 bits per heavy atom. The summed E-state index contributed by atoms with van der Waals surface area (Å²) in [6.07, 6.45) is 15.3. The first-order chi connectivity index (χ1) is 10.1. The van der Waals surface area contributed by atoms with Gasteiger partial charge in [0, 0.05) is 11.8 Å². The van der Waals surface area contributed by atoms with E-state index in [2.05, 4.69) is 19.9 Å². The maximum atomic E-state index is 12.4. The molecule has 1 nitrogen and oxygen atoms in total. The first kappa shape index (κ1) is 14.0. The molecule has 0 aromatic heterocycles. The van der Waals surface area contributed by atoms with Gasteiger partial charge in [-0.1, -0.05) is 31.9 Å². The van der Waals surface area contributed by atoms with Gasteiger partial charge in [-0.2, -0.15) is 0 Å². The highest BCUT2D eigenvalue weighted by Crippen LogP contribution is 2.63. The van der Waals surface area contributed by atoms with Crippen molar-refractivity contribution in [3.05, 3.63) is 11.6 Å². The van der Waals surface area contributed by atoms with E-state index in [0.29, 0.717) is 17.1 Å². The Morgan fingerprint density at radius 2 is 1.76 bits per heavy atom. The van der Waals surface area contributed by atoms with Gasteiger partial charge in [-0.05, 0) is 74.5 Å². The third kappa shape index (κ3) is 1.85. The van der Waals surface area contributed by atoms with Crippen LogP contribution in [0.1, 0.15) is 78.1 Å². The summed E-state index contributed by atoms with van der Waals surface area (Å²) in [7, 11) is 0. The van der Waals surface area contributed by atoms with Crippen LogP contribution in [0.4, 0.5) is 0 Å². The maximum absolute atomic E-state index is 12.4. The highest BCUT2D eigenvalue weighted by molar-refractivity contribution is 5.87. The lowest BCUT2D eigenvalue weighted by atomic mass is 9.51. The molecule has 116 valence electrons. The van der Waals surface area contributed by atoms with Gasteiger partial charge >= 0.3 is 0 Å². The average molecular weight is 286 g/mol. The van der Waals surface area contributed by atoms with Crippen LogP contribution in [0.2, 0.25) is 0 Å². The van der Waals surface area contributed by atoms with Crippen LogP contribution in [0, 0.1) is 28.6 Å². The summed E-state index contributed by atoms with van der Waals surface area (Å²) in [5.74, 6) is 2.94. The van der Waals surface area contributed by atoms with Crippen LogP contribution in [-0.2, 0) is 4.79 Å². The van der Waals surface area contributed by atoms with Crippen molar-refractivity contribution in [1.29, 1.82) is 0 Å². The number of carbonyl (C=O) groups is 1. The van der Waals surface area contributed by atoms with E-state index < -0.39 is 0 Å². The third-order valence-electron chi connectivity index (χ3n) is 7.98. The van der Waals surface area contributed by atoms with Gasteiger partial charge in [-0.15, -0.1) is 0 Å². The van der Waals surface area contributed by atoms with Crippen molar-refractivity contribution < 1.29 is 4.79 Å². The molecule has 4 aliphatic carbocycles. The van der Waals surface area contributed by atoms with Crippen molar-refractivity contribution in [3.8, 4) is 0 Å². The van der Waals surface area contributed by atoms with Gasteiger partial charge in [-0.3, -0.25) is 4.79 Å². The minimum Gasteiger partial charge on any atom is -0.299 e. The zero-order chi connectivity index (χ0) is 14.7. The fourth-order valence-electron chi connectivity index (χ4n) is 6.71. The smallest absolute Gasteiger partial charge is 0.139 e. The van der Waals surface area contributed by atoms with Crippen molar-refractivity contribution in [2.45, 2.75) is 78.1 Å². The van der Waals surface area contributed by atoms with Gasteiger partial charge in [0.1, 0.15) is 5.78 Å². The average Bonchev–Trinajstić information content (AvgIpc) is 2.68. The van der Waals surface area contributed by atoms with Crippen LogP contribution in [-0.4, -0.2) is 5.78 Å². The quantitative estimate of drug-likeness (QED) is 0.552. The third-order valence-corrected chi connectivity index (χ3v) is 7.98. The summed E-state index contributed by atoms with van der Waals surface area (Å²) in [6, 6.07) is 0. The first-order valence-corrected chi connectivity index (χ1v) is 9.28. The standard InChI is InChI=1S/C20H30O/c1-19-12-4-3-6-14(19)7-5-8-15-16-9-10-18(21)20(16,2)13-11-17(15)19/h7,15-17H,3-6,8-13H2,1-2H3. The Morgan fingerprint density at radius 1 is 0.952 bits per heavy atom. The van der Waals surface area contributed by atoms with E-state index in [4.69, 9.17) is 0 Å². The van der Waals surface area contributed by atoms with E-state index in [1.54, 1.807) is 5.57 Å². The molecule has 4 rings (SSSR count). The lowest BCUT2D eigenvalue weighted by Crippen LogP contribution is -2.47. The molecule has 0 bridgehead atoms. The number of ketones is 1. The molecule has 5 unspecified atom stereocenters. The SMILES string of the molecule is CC12CCC3C(CCC=C4CCCCC43C)C1CCC2=O. The summed E-state index contributed by atoms with van der Waals surface area (Å²) in [5, 5.41) is 0. The molecule has 0 radical (unpaired) electrons. The van der Waals surface area contributed by atoms with Crippen LogP contribution in [0.5, 0.6) is 0 Å². The number of fused-ring (bicyclic) bond motifs is 5. The van der Waals surface area contributed by atoms with E-state index in [-0.39, 0.29) is 5.41 Å². The van der Waals surface area contributed by atoms with Crippen LogP contribution in [0.25, 0.3) is 0 Å². The van der Waals surface area contributed by atoms with Crippen molar-refractivity contribution >= 4 is 5.78 Å². The van der Waals surface area contributed by atoms with Gasteiger partial charge in [0.2, 0.25) is 0 Å². The van der Waals surface area contributed by atoms with Crippen LogP contribution < -0.4 is 0 Å². The molecule has 21 heavy (non-hydrogen) atoms. The number of carbonyl (C=O) groups excluding carboxylic acids is 1. The number of rotatable bonds is 0. The summed E-state index contributed by atoms with van der Waals surface area (Å²) in [5.41, 5.74) is 2.29. The molecule has 0 aliphatic heterocycles. The number of Topliss-reactive ketones (excluding diaryl/α,β-unsaturated/α-hetero) is 1. The minimum atomic E-state index is 0.0384. The zero-order valence-electron chi connectivity index (χ0n) is 13.8. The molecule has 0 N–H and O–H groups in total. The fourth-order valence-corrected chi connectivity index (χ4v) is 6.71. The molecular weight excluding hydrogens is 256 g/mol. The number of allylic oxidation sites excluding steroid dienone is 2. The monoisotopic (exact) mass is 286 g/mol. The van der Waals surface area contributed by atoms with Crippen LogP contribution in [0.3, 0.4) is 0 Å². The molecule has 1 heteroatoms. The molecule has 0 aromatic carbocycles.